The van der Waals surface area contributed by atoms with E-state index in [1.54, 1.807) is 24.3 Å². The van der Waals surface area contributed by atoms with Crippen LogP contribution >= 0.6 is 11.8 Å². The Morgan fingerprint density at radius 1 is 1.22 bits per heavy atom. The third-order valence-corrected chi connectivity index (χ3v) is 3.28. The van der Waals surface area contributed by atoms with E-state index in [4.69, 9.17) is 5.73 Å². The number of nitrogens with two attached hydrogens (primary N) is 1. The van der Waals surface area contributed by atoms with Crippen molar-refractivity contribution in [2.24, 2.45) is 0 Å². The van der Waals surface area contributed by atoms with Gasteiger partial charge in [-0.15, -0.1) is 0 Å². The van der Waals surface area contributed by atoms with Crippen LogP contribution in [0.25, 0.3) is 0 Å². The predicted molar refractivity (Wildman–Crippen MR) is 68.0 cm³/mol. The zero-order chi connectivity index (χ0) is 13.1. The molecule has 0 amide bonds. The van der Waals surface area contributed by atoms with Crippen molar-refractivity contribution >= 4 is 23.1 Å². The van der Waals surface area contributed by atoms with Crippen molar-refractivity contribution < 1.29 is 9.31 Å². The number of para-hydroxylation sites is 1. The summed E-state index contributed by atoms with van der Waals surface area (Å²) in [5.74, 6) is -0.383. The molecule has 0 saturated carbocycles. The molecule has 0 spiro atoms. The summed E-state index contributed by atoms with van der Waals surface area (Å²) in [6.45, 7) is 0. The van der Waals surface area contributed by atoms with Gasteiger partial charge < -0.3 is 5.73 Å². The van der Waals surface area contributed by atoms with Crippen LogP contribution in [0.1, 0.15) is 0 Å². The summed E-state index contributed by atoms with van der Waals surface area (Å²) >= 11 is 1.11. The van der Waals surface area contributed by atoms with Gasteiger partial charge in [-0.3, -0.25) is 10.1 Å². The summed E-state index contributed by atoms with van der Waals surface area (Å²) in [6.07, 6.45) is 0. The fraction of sp³-hybridized carbons (Fsp3) is 0. The van der Waals surface area contributed by atoms with Gasteiger partial charge in [-0.25, -0.2) is 4.39 Å². The SMILES string of the molecule is Nc1cccc(Sc2cccc(F)c2)c1[N+](=O)[O-]. The molecule has 0 bridgehead atoms. The van der Waals surface area contributed by atoms with Crippen molar-refractivity contribution in [3.8, 4) is 0 Å². The summed E-state index contributed by atoms with van der Waals surface area (Å²) in [4.78, 5) is 11.4. The Hall–Kier alpha value is -2.08. The molecule has 0 radical (unpaired) electrons. The van der Waals surface area contributed by atoms with Crippen molar-refractivity contribution in [2.75, 3.05) is 5.73 Å². The van der Waals surface area contributed by atoms with Gasteiger partial charge in [0.25, 0.3) is 0 Å². The Bertz CT molecular complexity index is 604. The Balaban J connectivity index is 2.40. The molecule has 0 heterocycles. The molecule has 2 rings (SSSR count). The lowest BCUT2D eigenvalue weighted by Gasteiger charge is -2.04. The smallest absolute Gasteiger partial charge is 0.305 e. The van der Waals surface area contributed by atoms with Crippen LogP contribution in [0.4, 0.5) is 15.8 Å². The number of anilines is 1. The molecule has 18 heavy (non-hydrogen) atoms. The minimum Gasteiger partial charge on any atom is -0.393 e. The van der Waals surface area contributed by atoms with E-state index in [1.807, 2.05) is 0 Å². The summed E-state index contributed by atoms with van der Waals surface area (Å²) in [5, 5.41) is 10.9. The molecular formula is C12H9FN2O2S. The van der Waals surface area contributed by atoms with Crippen molar-refractivity contribution in [3.63, 3.8) is 0 Å². The van der Waals surface area contributed by atoms with Crippen LogP contribution in [0.2, 0.25) is 0 Å². The normalized spacial score (nSPS) is 10.3. The first-order valence-corrected chi connectivity index (χ1v) is 5.86. The molecule has 2 aromatic rings. The zero-order valence-corrected chi connectivity index (χ0v) is 9.99. The topological polar surface area (TPSA) is 69.2 Å². The highest BCUT2D eigenvalue weighted by Gasteiger charge is 2.18. The molecule has 2 N–H and O–H groups in total. The van der Waals surface area contributed by atoms with Gasteiger partial charge >= 0.3 is 5.69 Å². The number of nitro groups is 1. The van der Waals surface area contributed by atoms with Gasteiger partial charge in [-0.05, 0) is 30.3 Å². The van der Waals surface area contributed by atoms with Crippen LogP contribution < -0.4 is 5.73 Å². The second-order valence-corrected chi connectivity index (χ2v) is 4.63. The number of halogens is 1. The van der Waals surface area contributed by atoms with E-state index in [0.29, 0.717) is 9.79 Å². The number of nitrogen functional groups attached to an aromatic ring is 1. The number of nitrogens with zero attached hydrogens (tertiary/aromatic N) is 1. The fourth-order valence-corrected chi connectivity index (χ4v) is 2.48. The van der Waals surface area contributed by atoms with Crippen molar-refractivity contribution in [1.82, 2.24) is 0 Å². The molecule has 0 fully saturated rings. The number of hydrogen-bond donors (Lipinski definition) is 1. The highest BCUT2D eigenvalue weighted by Crippen LogP contribution is 2.37. The first kappa shape index (κ1) is 12.4. The van der Waals surface area contributed by atoms with Crippen molar-refractivity contribution in [2.45, 2.75) is 9.79 Å². The molecule has 0 saturated heterocycles. The standard InChI is InChI=1S/C12H9FN2O2S/c13-8-3-1-4-9(7-8)18-11-6-2-5-10(14)12(11)15(16)17/h1-7H,14H2. The van der Waals surface area contributed by atoms with Gasteiger partial charge in [0.1, 0.15) is 11.5 Å². The van der Waals surface area contributed by atoms with E-state index in [1.165, 1.54) is 18.2 Å². The third kappa shape index (κ3) is 2.60. The summed E-state index contributed by atoms with van der Waals surface area (Å²) in [6, 6.07) is 10.5. The Kier molecular flexibility index (Phi) is 3.47. The van der Waals surface area contributed by atoms with Gasteiger partial charge in [0.05, 0.1) is 9.82 Å². The van der Waals surface area contributed by atoms with Gasteiger partial charge in [0, 0.05) is 4.90 Å². The predicted octanol–water partition coefficient (Wildman–Crippen LogP) is 3.47. The monoisotopic (exact) mass is 264 g/mol. The Morgan fingerprint density at radius 3 is 2.61 bits per heavy atom. The van der Waals surface area contributed by atoms with Gasteiger partial charge in [0.2, 0.25) is 0 Å². The lowest BCUT2D eigenvalue weighted by molar-refractivity contribution is -0.386. The highest BCUT2D eigenvalue weighted by atomic mass is 32.2. The van der Waals surface area contributed by atoms with Gasteiger partial charge in [-0.1, -0.05) is 23.9 Å². The number of benzene rings is 2. The molecule has 4 nitrogen and oxygen atoms in total. The maximum atomic E-state index is 13.0. The maximum absolute atomic E-state index is 13.0. The van der Waals surface area contributed by atoms with Crippen LogP contribution in [-0.2, 0) is 0 Å². The lowest BCUT2D eigenvalue weighted by Crippen LogP contribution is -1.97. The quantitative estimate of drug-likeness (QED) is 0.523. The van der Waals surface area contributed by atoms with E-state index in [2.05, 4.69) is 0 Å². The molecule has 6 heteroatoms. The number of rotatable bonds is 3. The number of hydrogen-bond acceptors (Lipinski definition) is 4. The molecule has 0 aliphatic rings. The van der Waals surface area contributed by atoms with Crippen molar-refractivity contribution in [1.29, 1.82) is 0 Å². The molecule has 0 aliphatic heterocycles. The average Bonchev–Trinajstić information content (AvgIpc) is 2.28. The first-order valence-electron chi connectivity index (χ1n) is 5.04. The molecule has 92 valence electrons. The van der Waals surface area contributed by atoms with Gasteiger partial charge in [0.15, 0.2) is 0 Å². The van der Waals surface area contributed by atoms with Crippen LogP contribution in [0, 0.1) is 15.9 Å². The second-order valence-electron chi connectivity index (χ2n) is 3.51. The van der Waals surface area contributed by atoms with Crippen LogP contribution in [-0.4, -0.2) is 4.92 Å². The van der Waals surface area contributed by atoms with Crippen molar-refractivity contribution in [3.05, 3.63) is 58.4 Å². The molecule has 0 aliphatic carbocycles. The van der Waals surface area contributed by atoms with E-state index in [-0.39, 0.29) is 17.2 Å². The van der Waals surface area contributed by atoms with Gasteiger partial charge in [-0.2, -0.15) is 0 Å². The minimum atomic E-state index is -0.531. The molecule has 2 aromatic carbocycles. The third-order valence-electron chi connectivity index (χ3n) is 2.24. The van der Waals surface area contributed by atoms with E-state index in [9.17, 15) is 14.5 Å². The van der Waals surface area contributed by atoms with Crippen LogP contribution in [0.5, 0.6) is 0 Å². The summed E-state index contributed by atoms with van der Waals surface area (Å²) in [5.41, 5.74) is 5.53. The molecule has 0 aromatic heterocycles. The lowest BCUT2D eigenvalue weighted by atomic mass is 10.3. The second kappa shape index (κ2) is 5.05. The molecule has 0 atom stereocenters. The maximum Gasteiger partial charge on any atom is 0.305 e. The first-order chi connectivity index (χ1) is 8.58. The zero-order valence-electron chi connectivity index (χ0n) is 9.17. The number of nitro benzene ring substituents is 1. The van der Waals surface area contributed by atoms with E-state index in [0.717, 1.165) is 11.8 Å². The minimum absolute atomic E-state index is 0.0985. The average molecular weight is 264 g/mol. The molecular weight excluding hydrogens is 255 g/mol. The Labute approximate surface area is 107 Å². The fourth-order valence-electron chi connectivity index (χ4n) is 1.47. The van der Waals surface area contributed by atoms with E-state index < -0.39 is 4.92 Å². The summed E-state index contributed by atoms with van der Waals surface area (Å²) in [7, 11) is 0. The molecule has 0 unspecified atom stereocenters. The van der Waals surface area contributed by atoms with E-state index >= 15 is 0 Å². The van der Waals surface area contributed by atoms with Crippen LogP contribution in [0.15, 0.2) is 52.3 Å². The largest absolute Gasteiger partial charge is 0.393 e. The summed E-state index contributed by atoms with van der Waals surface area (Å²) < 4.78 is 13.0. The van der Waals surface area contributed by atoms with Crippen LogP contribution in [0.3, 0.4) is 0 Å². The Morgan fingerprint density at radius 2 is 1.94 bits per heavy atom. The highest BCUT2D eigenvalue weighted by molar-refractivity contribution is 7.99.